The Labute approximate surface area is 124 Å². The fourth-order valence-corrected chi connectivity index (χ4v) is 2.36. The lowest BCUT2D eigenvalue weighted by Crippen LogP contribution is -2.28. The van der Waals surface area contributed by atoms with E-state index in [1.165, 1.54) is 12.0 Å². The van der Waals surface area contributed by atoms with Crippen LogP contribution >= 0.6 is 0 Å². The lowest BCUT2D eigenvalue weighted by atomic mass is 9.92. The lowest BCUT2D eigenvalue weighted by molar-refractivity contribution is 0.0950. The average molecular weight is 277 g/mol. The maximum atomic E-state index is 5.73. The first-order valence-corrected chi connectivity index (χ1v) is 8.01. The van der Waals surface area contributed by atoms with Crippen molar-refractivity contribution in [3.05, 3.63) is 35.9 Å². The van der Waals surface area contributed by atoms with Gasteiger partial charge in [-0.05, 0) is 36.8 Å². The molecule has 0 amide bonds. The second kappa shape index (κ2) is 9.95. The summed E-state index contributed by atoms with van der Waals surface area (Å²) in [7, 11) is 0. The molecule has 0 saturated heterocycles. The molecule has 0 heterocycles. The molecule has 0 aromatic heterocycles. The molecule has 2 atom stereocenters. The maximum absolute atomic E-state index is 5.73. The fourth-order valence-electron chi connectivity index (χ4n) is 2.36. The van der Waals surface area contributed by atoms with Gasteiger partial charge in [-0.1, -0.05) is 58.0 Å². The van der Waals surface area contributed by atoms with Crippen molar-refractivity contribution in [3.63, 3.8) is 0 Å². The summed E-state index contributed by atoms with van der Waals surface area (Å²) in [6, 6.07) is 11.2. The second-order valence-corrected chi connectivity index (χ2v) is 6.08. The quantitative estimate of drug-likeness (QED) is 0.639. The van der Waals surface area contributed by atoms with Crippen LogP contribution in [0.15, 0.2) is 30.3 Å². The van der Waals surface area contributed by atoms with Crippen LogP contribution in [-0.4, -0.2) is 19.8 Å². The zero-order chi connectivity index (χ0) is 14.8. The van der Waals surface area contributed by atoms with Crippen LogP contribution in [0.3, 0.4) is 0 Å². The third kappa shape index (κ3) is 6.53. The number of benzene rings is 1. The highest BCUT2D eigenvalue weighted by Gasteiger charge is 2.18. The zero-order valence-corrected chi connectivity index (χ0v) is 13.6. The van der Waals surface area contributed by atoms with Gasteiger partial charge in [-0.2, -0.15) is 0 Å². The Morgan fingerprint density at radius 2 is 1.80 bits per heavy atom. The summed E-state index contributed by atoms with van der Waals surface area (Å²) in [6.45, 7) is 11.7. The summed E-state index contributed by atoms with van der Waals surface area (Å²) in [5, 5.41) is 3.68. The van der Waals surface area contributed by atoms with E-state index in [1.54, 1.807) is 0 Å². The molecule has 0 aliphatic rings. The molecule has 2 unspecified atom stereocenters. The molecule has 0 radical (unpaired) electrons. The van der Waals surface area contributed by atoms with E-state index < -0.39 is 0 Å². The largest absolute Gasteiger partial charge is 0.381 e. The number of ether oxygens (including phenoxy) is 1. The van der Waals surface area contributed by atoms with Crippen molar-refractivity contribution in [1.29, 1.82) is 0 Å². The Balaban J connectivity index is 2.50. The summed E-state index contributed by atoms with van der Waals surface area (Å²) in [6.07, 6.45) is 2.27. The van der Waals surface area contributed by atoms with E-state index in [4.69, 9.17) is 4.74 Å². The topological polar surface area (TPSA) is 21.3 Å². The van der Waals surface area contributed by atoms with Gasteiger partial charge in [-0.25, -0.2) is 0 Å². The Bertz CT molecular complexity index is 337. The molecule has 1 aromatic rings. The third-order valence-corrected chi connectivity index (χ3v) is 3.51. The minimum Gasteiger partial charge on any atom is -0.381 e. The van der Waals surface area contributed by atoms with Crippen LogP contribution < -0.4 is 5.32 Å². The van der Waals surface area contributed by atoms with Gasteiger partial charge in [0, 0.05) is 19.3 Å². The smallest absolute Gasteiger partial charge is 0.0488 e. The average Bonchev–Trinajstić information content (AvgIpc) is 2.45. The minimum absolute atomic E-state index is 0.429. The Morgan fingerprint density at radius 1 is 1.10 bits per heavy atom. The highest BCUT2D eigenvalue weighted by atomic mass is 16.5. The first-order chi connectivity index (χ1) is 9.65. The van der Waals surface area contributed by atoms with E-state index in [1.807, 2.05) is 0 Å². The van der Waals surface area contributed by atoms with Gasteiger partial charge in [0.2, 0.25) is 0 Å². The van der Waals surface area contributed by atoms with E-state index in [2.05, 4.69) is 63.3 Å². The van der Waals surface area contributed by atoms with Crippen molar-refractivity contribution < 1.29 is 4.74 Å². The van der Waals surface area contributed by atoms with Gasteiger partial charge in [0.1, 0.15) is 0 Å². The molecule has 0 spiro atoms. The van der Waals surface area contributed by atoms with Crippen LogP contribution in [0.2, 0.25) is 0 Å². The predicted octanol–water partition coefficient (Wildman–Crippen LogP) is 4.43. The lowest BCUT2D eigenvalue weighted by Gasteiger charge is -2.26. The zero-order valence-electron chi connectivity index (χ0n) is 13.6. The van der Waals surface area contributed by atoms with Crippen LogP contribution in [0.25, 0.3) is 0 Å². The highest BCUT2D eigenvalue weighted by molar-refractivity contribution is 5.19. The van der Waals surface area contributed by atoms with E-state index in [9.17, 15) is 0 Å². The SMILES string of the molecule is CCCNC(c1ccccc1)C(C)CCOCC(C)C. The van der Waals surface area contributed by atoms with Crippen LogP contribution in [0.1, 0.15) is 52.1 Å². The molecule has 0 bridgehead atoms. The van der Waals surface area contributed by atoms with Crippen molar-refractivity contribution in [3.8, 4) is 0 Å². The van der Waals surface area contributed by atoms with Crippen LogP contribution in [-0.2, 0) is 4.74 Å². The van der Waals surface area contributed by atoms with Crippen molar-refractivity contribution in [1.82, 2.24) is 5.32 Å². The van der Waals surface area contributed by atoms with Crippen LogP contribution in [0, 0.1) is 11.8 Å². The molecule has 114 valence electrons. The molecule has 2 nitrogen and oxygen atoms in total. The molecular weight excluding hydrogens is 246 g/mol. The van der Waals surface area contributed by atoms with E-state index in [0.29, 0.717) is 17.9 Å². The van der Waals surface area contributed by atoms with Gasteiger partial charge in [0.05, 0.1) is 0 Å². The Hall–Kier alpha value is -0.860. The van der Waals surface area contributed by atoms with Gasteiger partial charge in [0.15, 0.2) is 0 Å². The number of hydrogen-bond donors (Lipinski definition) is 1. The third-order valence-electron chi connectivity index (χ3n) is 3.51. The number of nitrogens with one attached hydrogen (secondary N) is 1. The normalized spacial score (nSPS) is 14.4. The minimum atomic E-state index is 0.429. The monoisotopic (exact) mass is 277 g/mol. The van der Waals surface area contributed by atoms with Gasteiger partial charge in [0.25, 0.3) is 0 Å². The molecule has 0 saturated carbocycles. The molecule has 1 aromatic carbocycles. The standard InChI is InChI=1S/C18H31NO/c1-5-12-19-18(17-9-7-6-8-10-17)16(4)11-13-20-14-15(2)3/h6-10,15-16,18-19H,5,11-14H2,1-4H3. The fraction of sp³-hybridized carbons (Fsp3) is 0.667. The van der Waals surface area contributed by atoms with Gasteiger partial charge in [-0.3, -0.25) is 0 Å². The second-order valence-electron chi connectivity index (χ2n) is 6.08. The molecule has 0 aliphatic carbocycles. The molecule has 0 fully saturated rings. The summed E-state index contributed by atoms with van der Waals surface area (Å²) in [5.41, 5.74) is 1.39. The predicted molar refractivity (Wildman–Crippen MR) is 86.9 cm³/mol. The summed E-state index contributed by atoms with van der Waals surface area (Å²) in [5.74, 6) is 1.20. The highest BCUT2D eigenvalue weighted by Crippen LogP contribution is 2.24. The van der Waals surface area contributed by atoms with Crippen LogP contribution in [0.4, 0.5) is 0 Å². The van der Waals surface area contributed by atoms with Gasteiger partial charge < -0.3 is 10.1 Å². The van der Waals surface area contributed by atoms with Crippen molar-refractivity contribution >= 4 is 0 Å². The van der Waals surface area contributed by atoms with Crippen molar-refractivity contribution in [2.75, 3.05) is 19.8 Å². The number of rotatable bonds is 10. The number of hydrogen-bond acceptors (Lipinski definition) is 2. The van der Waals surface area contributed by atoms with E-state index in [-0.39, 0.29) is 0 Å². The van der Waals surface area contributed by atoms with Gasteiger partial charge in [-0.15, -0.1) is 0 Å². The Morgan fingerprint density at radius 3 is 2.40 bits per heavy atom. The summed E-state index contributed by atoms with van der Waals surface area (Å²) >= 11 is 0. The molecule has 1 N–H and O–H groups in total. The summed E-state index contributed by atoms with van der Waals surface area (Å²) < 4.78 is 5.73. The summed E-state index contributed by atoms with van der Waals surface area (Å²) in [4.78, 5) is 0. The molecule has 1 rings (SSSR count). The molecule has 0 aliphatic heterocycles. The molecular formula is C18H31NO. The first-order valence-electron chi connectivity index (χ1n) is 8.01. The van der Waals surface area contributed by atoms with E-state index in [0.717, 1.165) is 26.2 Å². The van der Waals surface area contributed by atoms with Crippen molar-refractivity contribution in [2.24, 2.45) is 11.8 Å². The molecule has 2 heteroatoms. The Kier molecular flexibility index (Phi) is 8.56. The maximum Gasteiger partial charge on any atom is 0.0488 e. The van der Waals surface area contributed by atoms with E-state index >= 15 is 0 Å². The van der Waals surface area contributed by atoms with Gasteiger partial charge >= 0.3 is 0 Å². The first kappa shape index (κ1) is 17.2. The van der Waals surface area contributed by atoms with Crippen LogP contribution in [0.5, 0.6) is 0 Å². The molecule has 20 heavy (non-hydrogen) atoms. The van der Waals surface area contributed by atoms with Crippen molar-refractivity contribution in [2.45, 2.75) is 46.6 Å².